The zero-order valence-corrected chi connectivity index (χ0v) is 9.75. The van der Waals surface area contributed by atoms with Crippen molar-refractivity contribution in [3.8, 4) is 0 Å². The molecule has 0 saturated carbocycles. The SMILES string of the molecule is CCOC(=O)C1CSC(C)N1C(=O)CN. The molecule has 15 heavy (non-hydrogen) atoms. The quantitative estimate of drug-likeness (QED) is 0.682. The van der Waals surface area contributed by atoms with Crippen molar-refractivity contribution in [3.05, 3.63) is 0 Å². The van der Waals surface area contributed by atoms with E-state index in [-0.39, 0.29) is 23.8 Å². The van der Waals surface area contributed by atoms with Crippen LogP contribution in [0.2, 0.25) is 0 Å². The molecule has 1 aliphatic rings. The lowest BCUT2D eigenvalue weighted by molar-refractivity contribution is -0.153. The third-order valence-corrected chi connectivity index (χ3v) is 3.46. The molecular weight excluding hydrogens is 216 g/mol. The Hall–Kier alpha value is -0.750. The van der Waals surface area contributed by atoms with Crippen LogP contribution in [-0.2, 0) is 14.3 Å². The van der Waals surface area contributed by atoms with Crippen LogP contribution >= 0.6 is 11.8 Å². The minimum atomic E-state index is -0.471. The van der Waals surface area contributed by atoms with Crippen molar-refractivity contribution in [1.29, 1.82) is 0 Å². The minimum Gasteiger partial charge on any atom is -0.464 e. The number of esters is 1. The highest BCUT2D eigenvalue weighted by Gasteiger charge is 2.39. The molecule has 6 heteroatoms. The van der Waals surface area contributed by atoms with Crippen LogP contribution in [0, 0.1) is 0 Å². The highest BCUT2D eigenvalue weighted by Crippen LogP contribution is 2.29. The van der Waals surface area contributed by atoms with E-state index in [9.17, 15) is 9.59 Å². The van der Waals surface area contributed by atoms with E-state index < -0.39 is 6.04 Å². The smallest absolute Gasteiger partial charge is 0.329 e. The Morgan fingerprint density at radius 3 is 2.80 bits per heavy atom. The average Bonchev–Trinajstić information content (AvgIpc) is 2.59. The predicted molar refractivity (Wildman–Crippen MR) is 58.2 cm³/mol. The second-order valence-corrected chi connectivity index (χ2v) is 4.55. The van der Waals surface area contributed by atoms with Crippen LogP contribution in [0.15, 0.2) is 0 Å². The Labute approximate surface area is 93.3 Å². The average molecular weight is 232 g/mol. The van der Waals surface area contributed by atoms with Crippen molar-refractivity contribution >= 4 is 23.6 Å². The van der Waals surface area contributed by atoms with Gasteiger partial charge in [-0.05, 0) is 13.8 Å². The predicted octanol–water partition coefficient (Wildman–Crippen LogP) is -0.202. The summed E-state index contributed by atoms with van der Waals surface area (Å²) in [5, 5.41) is -0.00421. The van der Waals surface area contributed by atoms with Crippen molar-refractivity contribution < 1.29 is 14.3 Å². The van der Waals surface area contributed by atoms with Gasteiger partial charge in [0.2, 0.25) is 5.91 Å². The molecule has 2 atom stereocenters. The summed E-state index contributed by atoms with van der Waals surface area (Å²) in [5.41, 5.74) is 5.30. The van der Waals surface area contributed by atoms with Crippen LogP contribution in [-0.4, -0.2) is 47.1 Å². The number of hydrogen-bond acceptors (Lipinski definition) is 5. The van der Waals surface area contributed by atoms with E-state index in [2.05, 4.69) is 0 Å². The Bertz CT molecular complexity index is 260. The maximum atomic E-state index is 11.6. The molecule has 0 aromatic heterocycles. The number of nitrogens with zero attached hydrogens (tertiary/aromatic N) is 1. The van der Waals surface area contributed by atoms with Gasteiger partial charge in [-0.15, -0.1) is 11.8 Å². The molecule has 5 nitrogen and oxygen atoms in total. The molecule has 1 saturated heterocycles. The number of hydrogen-bond donors (Lipinski definition) is 1. The molecule has 0 radical (unpaired) electrons. The Morgan fingerprint density at radius 2 is 2.27 bits per heavy atom. The molecule has 1 rings (SSSR count). The summed E-state index contributed by atoms with van der Waals surface area (Å²) in [6.45, 7) is 3.90. The first kappa shape index (κ1) is 12.3. The van der Waals surface area contributed by atoms with E-state index >= 15 is 0 Å². The summed E-state index contributed by atoms with van der Waals surface area (Å²) in [5.74, 6) is 0.0489. The van der Waals surface area contributed by atoms with Crippen molar-refractivity contribution in [3.63, 3.8) is 0 Å². The van der Waals surface area contributed by atoms with Gasteiger partial charge in [-0.2, -0.15) is 0 Å². The normalized spacial score (nSPS) is 25.4. The zero-order chi connectivity index (χ0) is 11.4. The van der Waals surface area contributed by atoms with Crippen LogP contribution in [0.4, 0.5) is 0 Å². The molecule has 0 aromatic carbocycles. The molecule has 1 aliphatic heterocycles. The first-order chi connectivity index (χ1) is 7.11. The Kier molecular flexibility index (Phi) is 4.41. The second-order valence-electron chi connectivity index (χ2n) is 3.21. The van der Waals surface area contributed by atoms with Crippen LogP contribution in [0.25, 0.3) is 0 Å². The largest absolute Gasteiger partial charge is 0.464 e. The molecule has 1 amide bonds. The van der Waals surface area contributed by atoms with Gasteiger partial charge in [0, 0.05) is 5.75 Å². The second kappa shape index (κ2) is 5.37. The Balaban J connectivity index is 2.71. The van der Waals surface area contributed by atoms with Gasteiger partial charge in [0.25, 0.3) is 0 Å². The summed E-state index contributed by atoms with van der Waals surface area (Å²) in [4.78, 5) is 24.6. The number of rotatable bonds is 3. The highest BCUT2D eigenvalue weighted by atomic mass is 32.2. The number of ether oxygens (including phenoxy) is 1. The molecule has 86 valence electrons. The maximum Gasteiger partial charge on any atom is 0.329 e. The van der Waals surface area contributed by atoms with Gasteiger partial charge in [-0.3, -0.25) is 4.79 Å². The standard InChI is InChI=1S/C9H16N2O3S/c1-3-14-9(13)7-5-15-6(2)11(7)8(12)4-10/h6-7H,3-5,10H2,1-2H3. The van der Waals surface area contributed by atoms with Crippen LogP contribution in [0.3, 0.4) is 0 Å². The monoisotopic (exact) mass is 232 g/mol. The van der Waals surface area contributed by atoms with Crippen molar-refractivity contribution in [2.24, 2.45) is 5.73 Å². The van der Waals surface area contributed by atoms with E-state index in [1.54, 1.807) is 18.7 Å². The lowest BCUT2D eigenvalue weighted by Gasteiger charge is -2.25. The molecule has 0 spiro atoms. The summed E-state index contributed by atoms with van der Waals surface area (Å²) >= 11 is 1.56. The Morgan fingerprint density at radius 1 is 1.60 bits per heavy atom. The topological polar surface area (TPSA) is 72.6 Å². The molecule has 2 N–H and O–H groups in total. The van der Waals surface area contributed by atoms with Crippen LogP contribution in [0.5, 0.6) is 0 Å². The molecule has 0 aliphatic carbocycles. The van der Waals surface area contributed by atoms with Crippen LogP contribution in [0.1, 0.15) is 13.8 Å². The first-order valence-electron chi connectivity index (χ1n) is 4.91. The van der Waals surface area contributed by atoms with Gasteiger partial charge in [0.15, 0.2) is 0 Å². The van der Waals surface area contributed by atoms with E-state index in [1.807, 2.05) is 6.92 Å². The van der Waals surface area contributed by atoms with E-state index in [0.717, 1.165) is 0 Å². The summed E-state index contributed by atoms with van der Waals surface area (Å²) in [6, 6.07) is -0.471. The molecular formula is C9H16N2O3S. The lowest BCUT2D eigenvalue weighted by Crippen LogP contribution is -2.47. The van der Waals surface area contributed by atoms with Crippen molar-refractivity contribution in [2.45, 2.75) is 25.3 Å². The zero-order valence-electron chi connectivity index (χ0n) is 8.93. The van der Waals surface area contributed by atoms with E-state index in [4.69, 9.17) is 10.5 Å². The first-order valence-corrected chi connectivity index (χ1v) is 5.96. The summed E-state index contributed by atoms with van der Waals surface area (Å²) in [6.07, 6.45) is 0. The summed E-state index contributed by atoms with van der Waals surface area (Å²) < 4.78 is 4.91. The van der Waals surface area contributed by atoms with Gasteiger partial charge in [-0.1, -0.05) is 0 Å². The number of amides is 1. The maximum absolute atomic E-state index is 11.6. The fraction of sp³-hybridized carbons (Fsp3) is 0.778. The molecule has 0 aromatic rings. The van der Waals surface area contributed by atoms with Gasteiger partial charge in [-0.25, -0.2) is 4.79 Å². The molecule has 2 unspecified atom stereocenters. The number of carbonyl (C=O) groups excluding carboxylic acids is 2. The lowest BCUT2D eigenvalue weighted by atomic mass is 10.2. The third-order valence-electron chi connectivity index (χ3n) is 2.24. The van der Waals surface area contributed by atoms with Crippen molar-refractivity contribution in [2.75, 3.05) is 18.9 Å². The molecule has 1 heterocycles. The van der Waals surface area contributed by atoms with Gasteiger partial charge in [0.05, 0.1) is 18.5 Å². The fourth-order valence-corrected chi connectivity index (χ4v) is 2.73. The molecule has 1 fully saturated rings. The van der Waals surface area contributed by atoms with Gasteiger partial charge >= 0.3 is 5.97 Å². The van der Waals surface area contributed by atoms with Gasteiger partial charge < -0.3 is 15.4 Å². The van der Waals surface area contributed by atoms with E-state index in [0.29, 0.717) is 12.4 Å². The number of thioether (sulfide) groups is 1. The highest BCUT2D eigenvalue weighted by molar-refractivity contribution is 8.00. The van der Waals surface area contributed by atoms with E-state index in [1.165, 1.54) is 4.90 Å². The minimum absolute atomic E-state index is 0.00421. The van der Waals surface area contributed by atoms with Gasteiger partial charge in [0.1, 0.15) is 6.04 Å². The molecule has 0 bridgehead atoms. The number of nitrogens with two attached hydrogens (primary N) is 1. The van der Waals surface area contributed by atoms with Crippen molar-refractivity contribution in [1.82, 2.24) is 4.90 Å². The summed E-state index contributed by atoms with van der Waals surface area (Å²) in [7, 11) is 0. The van der Waals surface area contributed by atoms with Crippen LogP contribution < -0.4 is 5.73 Å². The fourth-order valence-electron chi connectivity index (χ4n) is 1.55. The third kappa shape index (κ3) is 2.63. The number of carbonyl (C=O) groups is 2.